The van der Waals surface area contributed by atoms with Crippen molar-refractivity contribution in [1.82, 2.24) is 0 Å². The zero-order valence-corrected chi connectivity index (χ0v) is 10.9. The summed E-state index contributed by atoms with van der Waals surface area (Å²) < 4.78 is 5.16. The monoisotopic (exact) mass is 238 g/mol. The minimum absolute atomic E-state index is 0.893. The molecule has 2 aromatic carbocycles. The molecule has 0 aliphatic carbocycles. The molecule has 0 radical (unpaired) electrons. The van der Waals surface area contributed by atoms with Crippen LogP contribution in [-0.2, 0) is 0 Å². The molecule has 0 saturated carbocycles. The van der Waals surface area contributed by atoms with Crippen molar-refractivity contribution >= 4 is 11.6 Å². The summed E-state index contributed by atoms with van der Waals surface area (Å²) >= 11 is 0. The van der Waals surface area contributed by atoms with Crippen molar-refractivity contribution in [3.05, 3.63) is 65.7 Å². The lowest BCUT2D eigenvalue weighted by Crippen LogP contribution is -1.84. The molecule has 0 unspecified atom stereocenters. The van der Waals surface area contributed by atoms with Crippen molar-refractivity contribution in [1.29, 1.82) is 0 Å². The van der Waals surface area contributed by atoms with Gasteiger partial charge in [-0.2, -0.15) is 0 Å². The van der Waals surface area contributed by atoms with Gasteiger partial charge < -0.3 is 4.74 Å². The first-order valence-electron chi connectivity index (χ1n) is 6.23. The summed E-state index contributed by atoms with van der Waals surface area (Å²) in [7, 11) is 1.69. The van der Waals surface area contributed by atoms with Crippen LogP contribution in [-0.4, -0.2) is 7.11 Å². The van der Waals surface area contributed by atoms with Crippen molar-refractivity contribution in [2.75, 3.05) is 7.11 Å². The van der Waals surface area contributed by atoms with Gasteiger partial charge in [-0.1, -0.05) is 55.5 Å². The highest BCUT2D eigenvalue weighted by molar-refractivity contribution is 5.81. The third-order valence-electron chi connectivity index (χ3n) is 2.98. The topological polar surface area (TPSA) is 9.23 Å². The molecule has 0 N–H and O–H groups in total. The lowest BCUT2D eigenvalue weighted by molar-refractivity contribution is 0.415. The fourth-order valence-electron chi connectivity index (χ4n) is 1.94. The lowest BCUT2D eigenvalue weighted by Gasteiger charge is -2.06. The van der Waals surface area contributed by atoms with Crippen LogP contribution in [0, 0.1) is 0 Å². The van der Waals surface area contributed by atoms with Gasteiger partial charge in [-0.25, -0.2) is 0 Å². The summed E-state index contributed by atoms with van der Waals surface area (Å²) in [6, 6.07) is 18.6. The van der Waals surface area contributed by atoms with Gasteiger partial charge in [0.25, 0.3) is 0 Å². The summed E-state index contributed by atoms with van der Waals surface area (Å²) in [4.78, 5) is 0. The smallest absolute Gasteiger partial charge is 0.118 e. The van der Waals surface area contributed by atoms with E-state index >= 15 is 0 Å². The van der Waals surface area contributed by atoms with E-state index in [1.807, 2.05) is 18.2 Å². The number of benzene rings is 2. The van der Waals surface area contributed by atoms with Crippen LogP contribution in [0.2, 0.25) is 0 Å². The molecule has 2 rings (SSSR count). The molecule has 2 aromatic rings. The van der Waals surface area contributed by atoms with Gasteiger partial charge in [0, 0.05) is 0 Å². The molecular formula is C17H18O. The normalized spacial score (nSPS) is 11.3. The van der Waals surface area contributed by atoms with Crippen LogP contribution < -0.4 is 4.74 Å². The van der Waals surface area contributed by atoms with Gasteiger partial charge in [0.05, 0.1) is 7.11 Å². The molecule has 0 amide bonds. The van der Waals surface area contributed by atoms with E-state index in [1.165, 1.54) is 16.7 Å². The predicted octanol–water partition coefficient (Wildman–Crippen LogP) is 4.65. The molecule has 0 aliphatic heterocycles. The molecule has 0 aromatic heterocycles. The van der Waals surface area contributed by atoms with Crippen molar-refractivity contribution in [2.24, 2.45) is 0 Å². The lowest BCUT2D eigenvalue weighted by atomic mass is 10.0. The Morgan fingerprint density at radius 3 is 2.22 bits per heavy atom. The molecule has 92 valence electrons. The Kier molecular flexibility index (Phi) is 4.19. The quantitative estimate of drug-likeness (QED) is 0.705. The highest BCUT2D eigenvalue weighted by atomic mass is 16.5. The second-order valence-corrected chi connectivity index (χ2v) is 4.16. The number of ether oxygens (including phenoxy) is 1. The molecule has 0 atom stereocenters. The molecule has 0 heterocycles. The fraction of sp³-hybridized carbons (Fsp3) is 0.176. The molecule has 0 saturated heterocycles. The van der Waals surface area contributed by atoms with E-state index in [0.717, 1.165) is 12.2 Å². The maximum absolute atomic E-state index is 5.16. The first kappa shape index (κ1) is 12.4. The molecule has 18 heavy (non-hydrogen) atoms. The van der Waals surface area contributed by atoms with E-state index < -0.39 is 0 Å². The van der Waals surface area contributed by atoms with Crippen LogP contribution in [0.1, 0.15) is 24.5 Å². The van der Waals surface area contributed by atoms with Crippen molar-refractivity contribution in [3.63, 3.8) is 0 Å². The molecular weight excluding hydrogens is 220 g/mol. The van der Waals surface area contributed by atoms with Crippen molar-refractivity contribution < 1.29 is 4.74 Å². The van der Waals surface area contributed by atoms with E-state index in [1.54, 1.807) is 7.11 Å². The molecule has 1 nitrogen and oxygen atoms in total. The Balaban J connectivity index is 2.29. The van der Waals surface area contributed by atoms with Crippen LogP contribution in [0.4, 0.5) is 0 Å². The Bertz CT molecular complexity index is 509. The molecule has 0 bridgehead atoms. The van der Waals surface area contributed by atoms with Crippen LogP contribution in [0.3, 0.4) is 0 Å². The van der Waals surface area contributed by atoms with Crippen LogP contribution >= 0.6 is 0 Å². The summed E-state index contributed by atoms with van der Waals surface area (Å²) in [5, 5.41) is 0. The number of hydrogen-bond donors (Lipinski definition) is 0. The van der Waals surface area contributed by atoms with Crippen LogP contribution in [0.15, 0.2) is 54.6 Å². The van der Waals surface area contributed by atoms with Crippen molar-refractivity contribution in [2.45, 2.75) is 13.3 Å². The van der Waals surface area contributed by atoms with E-state index in [2.05, 4.69) is 49.4 Å². The van der Waals surface area contributed by atoms with Gasteiger partial charge in [-0.3, -0.25) is 0 Å². The van der Waals surface area contributed by atoms with E-state index in [4.69, 9.17) is 4.74 Å². The summed E-state index contributed by atoms with van der Waals surface area (Å²) in [6.45, 7) is 2.18. The third-order valence-corrected chi connectivity index (χ3v) is 2.98. The van der Waals surface area contributed by atoms with Crippen LogP contribution in [0.5, 0.6) is 5.75 Å². The maximum Gasteiger partial charge on any atom is 0.118 e. The second-order valence-electron chi connectivity index (χ2n) is 4.16. The first-order valence-corrected chi connectivity index (χ1v) is 6.23. The largest absolute Gasteiger partial charge is 0.497 e. The average Bonchev–Trinajstić information content (AvgIpc) is 2.46. The number of allylic oxidation sites excluding steroid dienone is 1. The standard InChI is InChI=1S/C17H18O/c1-3-15(16-7-5-4-6-8-16)13-14-9-11-17(18-2)12-10-14/h4-13H,3H2,1-2H3/b15-13-. The Labute approximate surface area is 109 Å². The molecule has 1 heteroatoms. The highest BCUT2D eigenvalue weighted by Crippen LogP contribution is 2.22. The minimum atomic E-state index is 0.893. The summed E-state index contributed by atoms with van der Waals surface area (Å²) in [5.74, 6) is 0.893. The zero-order valence-electron chi connectivity index (χ0n) is 10.9. The predicted molar refractivity (Wildman–Crippen MR) is 77.6 cm³/mol. The van der Waals surface area contributed by atoms with Gasteiger partial charge in [-0.05, 0) is 35.3 Å². The highest BCUT2D eigenvalue weighted by Gasteiger charge is 1.99. The van der Waals surface area contributed by atoms with E-state index in [-0.39, 0.29) is 0 Å². The maximum atomic E-state index is 5.16. The van der Waals surface area contributed by atoms with Crippen molar-refractivity contribution in [3.8, 4) is 5.75 Å². The fourth-order valence-corrected chi connectivity index (χ4v) is 1.94. The minimum Gasteiger partial charge on any atom is -0.497 e. The Hall–Kier alpha value is -2.02. The van der Waals surface area contributed by atoms with E-state index in [9.17, 15) is 0 Å². The average molecular weight is 238 g/mol. The Morgan fingerprint density at radius 2 is 1.67 bits per heavy atom. The van der Waals surface area contributed by atoms with Gasteiger partial charge >= 0.3 is 0 Å². The number of methoxy groups -OCH3 is 1. The first-order chi connectivity index (χ1) is 8.83. The molecule has 0 aliphatic rings. The number of rotatable bonds is 4. The second kappa shape index (κ2) is 6.06. The third kappa shape index (κ3) is 3.01. The zero-order chi connectivity index (χ0) is 12.8. The summed E-state index contributed by atoms with van der Waals surface area (Å²) in [5.41, 5.74) is 3.84. The van der Waals surface area contributed by atoms with Gasteiger partial charge in [0.2, 0.25) is 0 Å². The molecule has 0 fully saturated rings. The van der Waals surface area contributed by atoms with Gasteiger partial charge in [0.1, 0.15) is 5.75 Å². The van der Waals surface area contributed by atoms with Crippen LogP contribution in [0.25, 0.3) is 11.6 Å². The van der Waals surface area contributed by atoms with Gasteiger partial charge in [0.15, 0.2) is 0 Å². The SMILES string of the molecule is CC/C(=C/c1ccc(OC)cc1)c1ccccc1. The van der Waals surface area contributed by atoms with E-state index in [0.29, 0.717) is 0 Å². The molecule has 0 spiro atoms. The Morgan fingerprint density at radius 1 is 1.00 bits per heavy atom. The summed E-state index contributed by atoms with van der Waals surface area (Å²) in [6.07, 6.45) is 3.25. The number of hydrogen-bond acceptors (Lipinski definition) is 1. The van der Waals surface area contributed by atoms with Gasteiger partial charge in [-0.15, -0.1) is 0 Å².